The van der Waals surface area contributed by atoms with E-state index in [-0.39, 0.29) is 16.1 Å². The molecule has 0 aliphatic heterocycles. The molecular formula is C14H15BrN4O3S. The number of nitrogens with zero attached hydrogens (tertiary/aromatic N) is 3. The maximum atomic E-state index is 12.7. The molecule has 0 aliphatic carbocycles. The van der Waals surface area contributed by atoms with Crippen molar-refractivity contribution in [1.29, 1.82) is 5.26 Å². The number of halogens is 1. The molecular weight excluding hydrogens is 384 g/mol. The molecule has 0 amide bonds. The molecule has 2 rings (SSSR count). The first-order chi connectivity index (χ1) is 10.7. The van der Waals surface area contributed by atoms with Crippen LogP contribution in [0.5, 0.6) is 5.75 Å². The van der Waals surface area contributed by atoms with E-state index in [4.69, 9.17) is 4.74 Å². The van der Waals surface area contributed by atoms with Gasteiger partial charge in [-0.2, -0.15) is 10.4 Å². The van der Waals surface area contributed by atoms with Gasteiger partial charge in [-0.25, -0.2) is 8.42 Å². The van der Waals surface area contributed by atoms with Gasteiger partial charge >= 0.3 is 0 Å². The van der Waals surface area contributed by atoms with Crippen molar-refractivity contribution in [2.24, 2.45) is 7.05 Å². The molecule has 0 spiro atoms. The van der Waals surface area contributed by atoms with E-state index < -0.39 is 10.0 Å². The number of aromatic nitrogens is 2. The number of nitriles is 1. The van der Waals surface area contributed by atoms with Crippen LogP contribution in [0.1, 0.15) is 17.0 Å². The van der Waals surface area contributed by atoms with Crippen LogP contribution in [0.2, 0.25) is 0 Å². The minimum Gasteiger partial charge on any atom is -0.495 e. The molecule has 0 atom stereocenters. The van der Waals surface area contributed by atoms with Crippen LogP contribution in [0.15, 0.2) is 21.5 Å². The number of aryl methyl sites for hydroxylation is 2. The maximum absolute atomic E-state index is 12.7. The molecule has 0 radical (unpaired) electrons. The predicted molar refractivity (Wildman–Crippen MR) is 88.9 cm³/mol. The minimum atomic E-state index is -3.88. The fraction of sp³-hybridized carbons (Fsp3) is 0.286. The van der Waals surface area contributed by atoms with Crippen LogP contribution < -0.4 is 9.46 Å². The van der Waals surface area contributed by atoms with Crippen LogP contribution in [0, 0.1) is 25.2 Å². The molecule has 23 heavy (non-hydrogen) atoms. The number of hydrogen-bond acceptors (Lipinski definition) is 5. The second-order valence-electron chi connectivity index (χ2n) is 4.87. The van der Waals surface area contributed by atoms with Crippen molar-refractivity contribution in [3.63, 3.8) is 0 Å². The third-order valence-electron chi connectivity index (χ3n) is 3.37. The number of benzene rings is 1. The van der Waals surface area contributed by atoms with Crippen LogP contribution >= 0.6 is 15.9 Å². The Labute approximate surface area is 143 Å². The van der Waals surface area contributed by atoms with E-state index in [2.05, 4.69) is 25.8 Å². The van der Waals surface area contributed by atoms with Crippen molar-refractivity contribution >= 4 is 31.6 Å². The molecule has 0 unspecified atom stereocenters. The Bertz CT molecular complexity index is 913. The van der Waals surface area contributed by atoms with Gasteiger partial charge in [0.25, 0.3) is 10.0 Å². The quantitative estimate of drug-likeness (QED) is 0.852. The third kappa shape index (κ3) is 3.18. The lowest BCUT2D eigenvalue weighted by molar-refractivity contribution is 0.412. The van der Waals surface area contributed by atoms with Crippen molar-refractivity contribution < 1.29 is 13.2 Å². The molecule has 1 aromatic heterocycles. The molecule has 0 bridgehead atoms. The average Bonchev–Trinajstić information content (AvgIpc) is 2.73. The van der Waals surface area contributed by atoms with Gasteiger partial charge in [-0.15, -0.1) is 0 Å². The number of methoxy groups -OCH3 is 1. The summed E-state index contributed by atoms with van der Waals surface area (Å²) in [5, 5.41) is 13.3. The van der Waals surface area contributed by atoms with Gasteiger partial charge in [0.2, 0.25) is 0 Å². The SMILES string of the molecule is COc1cc(NS(=O)(=O)c2c(C)nn(C)c2C)c(C#N)cc1Br. The highest BCUT2D eigenvalue weighted by Gasteiger charge is 2.25. The summed E-state index contributed by atoms with van der Waals surface area (Å²) in [5.74, 6) is 0.418. The molecule has 7 nitrogen and oxygen atoms in total. The fourth-order valence-corrected chi connectivity index (χ4v) is 4.24. The summed E-state index contributed by atoms with van der Waals surface area (Å²) in [6.45, 7) is 3.29. The molecule has 122 valence electrons. The Morgan fingerprint density at radius 3 is 2.52 bits per heavy atom. The number of anilines is 1. The number of nitrogens with one attached hydrogen (secondary N) is 1. The smallest absolute Gasteiger partial charge is 0.265 e. The van der Waals surface area contributed by atoms with Gasteiger partial charge in [0.05, 0.1) is 34.2 Å². The van der Waals surface area contributed by atoms with Crippen molar-refractivity contribution in [2.75, 3.05) is 11.8 Å². The van der Waals surface area contributed by atoms with Gasteiger partial charge in [-0.05, 0) is 35.8 Å². The zero-order chi connectivity index (χ0) is 17.4. The Hall–Kier alpha value is -2.05. The lowest BCUT2D eigenvalue weighted by atomic mass is 10.2. The number of hydrogen-bond donors (Lipinski definition) is 1. The van der Waals surface area contributed by atoms with Gasteiger partial charge < -0.3 is 4.74 Å². The van der Waals surface area contributed by atoms with E-state index in [1.54, 1.807) is 20.9 Å². The van der Waals surface area contributed by atoms with E-state index in [1.807, 2.05) is 6.07 Å². The van der Waals surface area contributed by atoms with Crippen LogP contribution in [0.3, 0.4) is 0 Å². The maximum Gasteiger partial charge on any atom is 0.265 e. The van der Waals surface area contributed by atoms with Crippen LogP contribution in [0.4, 0.5) is 5.69 Å². The van der Waals surface area contributed by atoms with Gasteiger partial charge in [0.15, 0.2) is 0 Å². The van der Waals surface area contributed by atoms with Crippen molar-refractivity contribution in [1.82, 2.24) is 9.78 Å². The van der Waals surface area contributed by atoms with E-state index in [1.165, 1.54) is 23.9 Å². The summed E-state index contributed by atoms with van der Waals surface area (Å²) in [6.07, 6.45) is 0. The first-order valence-electron chi connectivity index (χ1n) is 6.52. The average molecular weight is 399 g/mol. The predicted octanol–water partition coefficient (Wildman–Crippen LogP) is 2.48. The zero-order valence-corrected chi connectivity index (χ0v) is 15.4. The summed E-state index contributed by atoms with van der Waals surface area (Å²) >= 11 is 3.27. The van der Waals surface area contributed by atoms with Crippen LogP contribution in [0.25, 0.3) is 0 Å². The molecule has 1 N–H and O–H groups in total. The van der Waals surface area contributed by atoms with Gasteiger partial charge in [0, 0.05) is 13.1 Å². The lowest BCUT2D eigenvalue weighted by Gasteiger charge is -2.12. The van der Waals surface area contributed by atoms with Gasteiger partial charge in [-0.3, -0.25) is 9.40 Å². The van der Waals surface area contributed by atoms with Crippen molar-refractivity contribution in [3.8, 4) is 11.8 Å². The summed E-state index contributed by atoms with van der Waals surface area (Å²) in [7, 11) is -0.750. The van der Waals surface area contributed by atoms with E-state index in [0.29, 0.717) is 21.6 Å². The lowest BCUT2D eigenvalue weighted by Crippen LogP contribution is -2.16. The molecule has 0 aliphatic rings. The van der Waals surface area contributed by atoms with Crippen molar-refractivity contribution in [2.45, 2.75) is 18.7 Å². The molecule has 1 heterocycles. The first kappa shape index (κ1) is 17.3. The van der Waals surface area contributed by atoms with Gasteiger partial charge in [-0.1, -0.05) is 0 Å². The standard InChI is InChI=1S/C14H15BrN4O3S/c1-8-14(9(2)19(3)17-8)23(20,21)18-12-6-13(22-4)11(15)5-10(12)7-16/h5-6,18H,1-4H3. The van der Waals surface area contributed by atoms with E-state index in [9.17, 15) is 13.7 Å². The Morgan fingerprint density at radius 1 is 1.39 bits per heavy atom. The van der Waals surface area contributed by atoms with Crippen LogP contribution in [-0.2, 0) is 17.1 Å². The molecule has 2 aromatic rings. The molecule has 0 saturated carbocycles. The molecule has 0 saturated heterocycles. The highest BCUT2D eigenvalue weighted by atomic mass is 79.9. The normalized spacial score (nSPS) is 11.1. The third-order valence-corrected chi connectivity index (χ3v) is 5.60. The highest BCUT2D eigenvalue weighted by molar-refractivity contribution is 9.10. The Morgan fingerprint density at radius 2 is 2.04 bits per heavy atom. The van der Waals surface area contributed by atoms with Gasteiger partial charge in [0.1, 0.15) is 16.7 Å². The Balaban J connectivity index is 2.56. The van der Waals surface area contributed by atoms with Crippen molar-refractivity contribution in [3.05, 3.63) is 33.6 Å². The van der Waals surface area contributed by atoms with Crippen LogP contribution in [-0.4, -0.2) is 25.3 Å². The first-order valence-corrected chi connectivity index (χ1v) is 8.79. The Kier molecular flexibility index (Phi) is 4.68. The summed E-state index contributed by atoms with van der Waals surface area (Å²) in [5.41, 5.74) is 1.23. The molecule has 9 heteroatoms. The largest absolute Gasteiger partial charge is 0.495 e. The number of ether oxygens (including phenoxy) is 1. The summed E-state index contributed by atoms with van der Waals surface area (Å²) in [4.78, 5) is 0.103. The number of sulfonamides is 1. The van der Waals surface area contributed by atoms with E-state index in [0.717, 1.165) is 0 Å². The second kappa shape index (κ2) is 6.22. The minimum absolute atomic E-state index is 0.103. The van der Waals surface area contributed by atoms with E-state index >= 15 is 0 Å². The topological polar surface area (TPSA) is 97.0 Å². The summed E-state index contributed by atoms with van der Waals surface area (Å²) in [6, 6.07) is 4.92. The molecule has 1 aromatic carbocycles. The summed E-state index contributed by atoms with van der Waals surface area (Å²) < 4.78 is 35.0. The fourth-order valence-electron chi connectivity index (χ4n) is 2.23. The second-order valence-corrected chi connectivity index (χ2v) is 7.35. The molecule has 0 fully saturated rings. The monoisotopic (exact) mass is 398 g/mol. The zero-order valence-electron chi connectivity index (χ0n) is 13.0. The number of rotatable bonds is 4. The highest BCUT2D eigenvalue weighted by Crippen LogP contribution is 2.33.